The molecule has 1 aromatic carbocycles. The van der Waals surface area contributed by atoms with Gasteiger partial charge in [-0.25, -0.2) is 0 Å². The number of hydrogen-bond donors (Lipinski definition) is 0. The summed E-state index contributed by atoms with van der Waals surface area (Å²) >= 11 is 0. The molecule has 3 heteroatoms. The van der Waals surface area contributed by atoms with Crippen LogP contribution in [0.4, 0.5) is 0 Å². The van der Waals surface area contributed by atoms with Gasteiger partial charge in [-0.3, -0.25) is 0 Å². The fourth-order valence-electron chi connectivity index (χ4n) is 6.51. The number of unbranched alkanes of at least 4 members (excludes halogenated alkanes) is 15. The van der Waals surface area contributed by atoms with Gasteiger partial charge in [-0.05, 0) is 11.3 Å². The maximum Gasteiger partial charge on any atom is 0.118 e. The number of benzene rings is 1. The molecule has 1 rings (SSSR count). The maximum absolute atomic E-state index is 5.84. The lowest BCUT2D eigenvalue weighted by Crippen LogP contribution is -2.45. The van der Waals surface area contributed by atoms with Gasteiger partial charge in [-0.2, -0.15) is 0 Å². The Balaban J connectivity index is 2.95. The van der Waals surface area contributed by atoms with Crippen molar-refractivity contribution in [1.29, 1.82) is 0 Å². The molecule has 0 unspecified atom stereocenters. The second kappa shape index (κ2) is 22.2. The predicted molar refractivity (Wildman–Crippen MR) is 180 cm³/mol. The molecule has 0 aliphatic heterocycles. The topological polar surface area (TPSA) is 9.23 Å². The van der Waals surface area contributed by atoms with Gasteiger partial charge in [0.1, 0.15) is 5.75 Å². The first-order valence-electron chi connectivity index (χ1n) is 17.1. The van der Waals surface area contributed by atoms with E-state index in [0.717, 1.165) is 5.75 Å². The predicted octanol–water partition coefficient (Wildman–Crippen LogP) is 12.1. The molecule has 0 spiro atoms. The molecule has 0 fully saturated rings. The average Bonchev–Trinajstić information content (AvgIpc) is 2.93. The lowest BCUT2D eigenvalue weighted by molar-refractivity contribution is 0.418. The molecule has 0 heterocycles. The van der Waals surface area contributed by atoms with Crippen molar-refractivity contribution in [3.63, 3.8) is 0 Å². The Labute approximate surface area is 242 Å². The van der Waals surface area contributed by atoms with Gasteiger partial charge in [-0.15, -0.1) is 0 Å². The normalized spacial score (nSPS) is 12.3. The molecule has 0 saturated heterocycles. The van der Waals surface area contributed by atoms with Gasteiger partial charge in [0.15, 0.2) is 0 Å². The van der Waals surface area contributed by atoms with Crippen LogP contribution in [-0.4, -0.2) is 23.3 Å². The van der Waals surface area contributed by atoms with Crippen molar-refractivity contribution in [3.8, 4) is 5.75 Å². The Bertz CT molecular complexity index is 631. The van der Waals surface area contributed by atoms with Crippen LogP contribution in [0.3, 0.4) is 0 Å². The standard InChI is InChI=1S/C35H68OSi2/c1-7-10-13-16-19-24-29-38(30-25-20-17-14-11-8-2,31-26-21-18-15-12-9-3)33-32-37(5,6)35-28-23-22-27-34(35)36-4/h22-23,27-28H,7-21,24-26,29-33H2,1-6H3. The van der Waals surface area contributed by atoms with E-state index < -0.39 is 16.1 Å². The zero-order valence-corrected chi connectivity index (χ0v) is 29.0. The zero-order valence-electron chi connectivity index (χ0n) is 27.0. The molecule has 1 nitrogen and oxygen atoms in total. The highest BCUT2D eigenvalue weighted by Crippen LogP contribution is 2.37. The highest BCUT2D eigenvalue weighted by molar-refractivity contribution is 6.92. The lowest BCUT2D eigenvalue weighted by Gasteiger charge is -2.36. The SMILES string of the molecule is CCCCCCCC[Si](CCCCCCCC)(CCCCCCCC)CC[Si](C)(C)c1ccccc1OC. The third-order valence-corrected chi connectivity index (χ3v) is 18.7. The Kier molecular flexibility index (Phi) is 20.7. The molecule has 1 aromatic rings. The third kappa shape index (κ3) is 15.3. The Morgan fingerprint density at radius 2 is 0.895 bits per heavy atom. The van der Waals surface area contributed by atoms with E-state index in [1.807, 2.05) is 7.11 Å². The summed E-state index contributed by atoms with van der Waals surface area (Å²) in [6, 6.07) is 16.8. The van der Waals surface area contributed by atoms with E-state index in [1.165, 1.54) is 122 Å². The van der Waals surface area contributed by atoms with Crippen molar-refractivity contribution in [1.82, 2.24) is 0 Å². The van der Waals surface area contributed by atoms with E-state index in [1.54, 1.807) is 29.4 Å². The quantitative estimate of drug-likeness (QED) is 0.0808. The molecular weight excluding hydrogens is 493 g/mol. The van der Waals surface area contributed by atoms with Gasteiger partial charge < -0.3 is 4.74 Å². The molecule has 0 amide bonds. The molecule has 0 radical (unpaired) electrons. The molecule has 222 valence electrons. The molecule has 0 saturated carbocycles. The van der Waals surface area contributed by atoms with Gasteiger partial charge in [0.05, 0.1) is 23.3 Å². The van der Waals surface area contributed by atoms with Crippen LogP contribution in [0.2, 0.25) is 43.3 Å². The molecule has 0 N–H and O–H groups in total. The van der Waals surface area contributed by atoms with Gasteiger partial charge in [-0.1, -0.05) is 198 Å². The highest BCUT2D eigenvalue weighted by Gasteiger charge is 2.35. The molecule has 38 heavy (non-hydrogen) atoms. The number of rotatable bonds is 26. The highest BCUT2D eigenvalue weighted by atomic mass is 28.3. The minimum atomic E-state index is -1.54. The van der Waals surface area contributed by atoms with E-state index in [0.29, 0.717) is 0 Å². The van der Waals surface area contributed by atoms with Gasteiger partial charge in [0.2, 0.25) is 0 Å². The van der Waals surface area contributed by atoms with Crippen LogP contribution in [0.5, 0.6) is 5.75 Å². The van der Waals surface area contributed by atoms with Crippen molar-refractivity contribution in [3.05, 3.63) is 24.3 Å². The smallest absolute Gasteiger partial charge is 0.118 e. The van der Waals surface area contributed by atoms with Crippen LogP contribution < -0.4 is 9.92 Å². The van der Waals surface area contributed by atoms with E-state index in [9.17, 15) is 0 Å². The summed E-state index contributed by atoms with van der Waals surface area (Å²) in [5.41, 5.74) is 0. The van der Waals surface area contributed by atoms with E-state index in [4.69, 9.17) is 4.74 Å². The monoisotopic (exact) mass is 560 g/mol. The van der Waals surface area contributed by atoms with Gasteiger partial charge in [0, 0.05) is 0 Å². The zero-order chi connectivity index (χ0) is 28.0. The van der Waals surface area contributed by atoms with Crippen LogP contribution in [0, 0.1) is 0 Å². The van der Waals surface area contributed by atoms with Gasteiger partial charge in [0.25, 0.3) is 0 Å². The van der Waals surface area contributed by atoms with Crippen LogP contribution in [0.1, 0.15) is 136 Å². The molecule has 0 aliphatic rings. The largest absolute Gasteiger partial charge is 0.497 e. The number of para-hydroxylation sites is 1. The van der Waals surface area contributed by atoms with Crippen LogP contribution in [0.25, 0.3) is 0 Å². The van der Waals surface area contributed by atoms with Crippen LogP contribution >= 0.6 is 0 Å². The summed E-state index contributed by atoms with van der Waals surface area (Å²) in [7, 11) is -0.959. The summed E-state index contributed by atoms with van der Waals surface area (Å²) < 4.78 is 5.84. The summed E-state index contributed by atoms with van der Waals surface area (Å²) in [5, 5.41) is 1.55. The van der Waals surface area contributed by atoms with Crippen molar-refractivity contribution >= 4 is 21.3 Å². The molecular formula is C35H68OSi2. The number of hydrogen-bond acceptors (Lipinski definition) is 1. The molecule has 0 aliphatic carbocycles. The van der Waals surface area contributed by atoms with Crippen molar-refractivity contribution in [2.45, 2.75) is 180 Å². The first-order chi connectivity index (χ1) is 18.4. The van der Waals surface area contributed by atoms with Crippen molar-refractivity contribution in [2.24, 2.45) is 0 Å². The molecule has 0 aromatic heterocycles. The first kappa shape index (κ1) is 35.5. The second-order valence-electron chi connectivity index (χ2n) is 13.1. The summed E-state index contributed by atoms with van der Waals surface area (Å²) in [6.07, 6.45) is 26.1. The van der Waals surface area contributed by atoms with Gasteiger partial charge >= 0.3 is 0 Å². The first-order valence-corrected chi connectivity index (χ1v) is 23.1. The molecule has 0 bridgehead atoms. The minimum Gasteiger partial charge on any atom is -0.497 e. The average molecular weight is 561 g/mol. The number of ether oxygens (including phenoxy) is 1. The summed E-state index contributed by atoms with van der Waals surface area (Å²) in [5.74, 6) is 1.14. The van der Waals surface area contributed by atoms with E-state index in [-0.39, 0.29) is 0 Å². The lowest BCUT2D eigenvalue weighted by atomic mass is 10.1. The van der Waals surface area contributed by atoms with E-state index in [2.05, 4.69) is 58.1 Å². The maximum atomic E-state index is 5.84. The second-order valence-corrected chi connectivity index (χ2v) is 22.9. The summed E-state index contributed by atoms with van der Waals surface area (Å²) in [4.78, 5) is 0. The van der Waals surface area contributed by atoms with Crippen LogP contribution in [0.15, 0.2) is 24.3 Å². The minimum absolute atomic E-state index is 1.14. The van der Waals surface area contributed by atoms with Crippen molar-refractivity contribution < 1.29 is 4.74 Å². The third-order valence-electron chi connectivity index (χ3n) is 9.30. The van der Waals surface area contributed by atoms with Crippen LogP contribution in [-0.2, 0) is 0 Å². The van der Waals surface area contributed by atoms with E-state index >= 15 is 0 Å². The fraction of sp³-hybridized carbons (Fsp3) is 0.829. The Morgan fingerprint density at radius 3 is 1.32 bits per heavy atom. The Hall–Kier alpha value is -0.546. The number of methoxy groups -OCH3 is 1. The fourth-order valence-corrected chi connectivity index (χ4v) is 17.3. The van der Waals surface area contributed by atoms with Crippen molar-refractivity contribution in [2.75, 3.05) is 7.11 Å². The summed E-state index contributed by atoms with van der Waals surface area (Å²) in [6.45, 7) is 12.2. The Morgan fingerprint density at radius 1 is 0.500 bits per heavy atom. The molecule has 0 atom stereocenters.